The highest BCUT2D eigenvalue weighted by atomic mass is 35.5. The number of aryl methyl sites for hydroxylation is 1. The van der Waals surface area contributed by atoms with Gasteiger partial charge in [0.25, 0.3) is 0 Å². The minimum absolute atomic E-state index is 0. The summed E-state index contributed by atoms with van der Waals surface area (Å²) in [5.41, 5.74) is 6.40. The van der Waals surface area contributed by atoms with Crippen molar-refractivity contribution < 1.29 is 41.4 Å². The van der Waals surface area contributed by atoms with Gasteiger partial charge in [0, 0.05) is 0 Å². The standard InChI is InChI=1S/C26H35ClN6O9S2.ClH/c27-17-12-20-22(13-21(17)43(29,39)40)44(41,42)32-23(31-20)14-33(15-24(34)35)25(36)18(8-4-5-11-28)30-19(26(37)38)10-9-16-6-2-1-3-7-16;/h1-3,6-7,12-13,18-19,23,30-32H,4-5,8-11,14-15,28H2,(H,34,35)(H,37,38)(H2,29,39,40);1H/t18-,19-,23?;/m0./s1. The molecule has 0 radical (unpaired) electrons. The molecule has 2 aromatic carbocycles. The van der Waals surface area contributed by atoms with Crippen molar-refractivity contribution in [1.29, 1.82) is 0 Å². The van der Waals surface area contributed by atoms with Crippen molar-refractivity contribution >= 4 is 67.6 Å². The van der Waals surface area contributed by atoms with Gasteiger partial charge in [-0.3, -0.25) is 19.7 Å². The van der Waals surface area contributed by atoms with Crippen molar-refractivity contribution in [3.05, 3.63) is 53.1 Å². The van der Waals surface area contributed by atoms with E-state index in [4.69, 9.17) is 22.5 Å². The number of anilines is 1. The van der Waals surface area contributed by atoms with E-state index >= 15 is 0 Å². The van der Waals surface area contributed by atoms with Crippen molar-refractivity contribution in [1.82, 2.24) is 14.9 Å². The molecule has 1 unspecified atom stereocenters. The molecule has 0 aliphatic carbocycles. The largest absolute Gasteiger partial charge is 0.480 e. The van der Waals surface area contributed by atoms with E-state index in [-0.39, 0.29) is 36.0 Å². The smallest absolute Gasteiger partial charge is 0.323 e. The van der Waals surface area contributed by atoms with E-state index < -0.39 is 79.0 Å². The average Bonchev–Trinajstić information content (AvgIpc) is 2.92. The maximum absolute atomic E-state index is 13.8. The van der Waals surface area contributed by atoms with Crippen LogP contribution in [0.25, 0.3) is 0 Å². The molecule has 0 fully saturated rings. The Bertz CT molecular complexity index is 1580. The van der Waals surface area contributed by atoms with Crippen molar-refractivity contribution in [2.45, 2.75) is 60.1 Å². The van der Waals surface area contributed by atoms with E-state index in [1.165, 1.54) is 0 Å². The number of unbranched alkanes of at least 4 members (excludes halogenated alkanes) is 1. The number of nitrogens with zero attached hydrogens (tertiary/aromatic N) is 1. The Balaban J connectivity index is 0.00000705. The average molecular weight is 712 g/mol. The van der Waals surface area contributed by atoms with Gasteiger partial charge in [-0.1, -0.05) is 48.4 Å². The van der Waals surface area contributed by atoms with Crippen molar-refractivity contribution in [2.24, 2.45) is 10.9 Å². The monoisotopic (exact) mass is 710 g/mol. The lowest BCUT2D eigenvalue weighted by Crippen LogP contribution is -2.57. The second-order valence-electron chi connectivity index (χ2n) is 10.2. The Labute approximate surface area is 272 Å². The van der Waals surface area contributed by atoms with Gasteiger partial charge in [0.2, 0.25) is 26.0 Å². The minimum Gasteiger partial charge on any atom is -0.480 e. The van der Waals surface area contributed by atoms with Crippen molar-refractivity contribution in [2.75, 3.05) is 25.0 Å². The van der Waals surface area contributed by atoms with E-state index in [9.17, 15) is 41.4 Å². The van der Waals surface area contributed by atoms with E-state index in [1.807, 2.05) is 30.3 Å². The first-order chi connectivity index (χ1) is 20.6. The number of benzene rings is 2. The van der Waals surface area contributed by atoms with Crippen LogP contribution in [0.2, 0.25) is 5.02 Å². The molecule has 0 saturated heterocycles. The molecule has 9 N–H and O–H groups in total. The number of hydrogen-bond acceptors (Lipinski definition) is 10. The van der Waals surface area contributed by atoms with Crippen LogP contribution >= 0.6 is 24.0 Å². The summed E-state index contributed by atoms with van der Waals surface area (Å²) < 4.78 is 52.0. The fraction of sp³-hybridized carbons (Fsp3) is 0.423. The predicted octanol–water partition coefficient (Wildman–Crippen LogP) is 0.526. The van der Waals surface area contributed by atoms with E-state index in [0.29, 0.717) is 25.8 Å². The van der Waals surface area contributed by atoms with Crippen LogP contribution in [0.15, 0.2) is 52.3 Å². The zero-order chi connectivity index (χ0) is 32.7. The summed E-state index contributed by atoms with van der Waals surface area (Å²) >= 11 is 6.03. The van der Waals surface area contributed by atoms with Gasteiger partial charge in [-0.05, 0) is 49.9 Å². The second kappa shape index (κ2) is 16.5. The number of sulfonamides is 2. The molecule has 0 saturated carbocycles. The summed E-state index contributed by atoms with van der Waals surface area (Å²) in [5.74, 6) is -3.35. The molecule has 1 heterocycles. The van der Waals surface area contributed by atoms with Crippen LogP contribution in [-0.2, 0) is 40.9 Å². The summed E-state index contributed by atoms with van der Waals surface area (Å²) in [6, 6.07) is 8.72. The molecule has 15 nitrogen and oxygen atoms in total. The molecule has 0 spiro atoms. The third kappa shape index (κ3) is 10.8. The molecular formula is C26H36Cl2N6O9S2. The molecular weight excluding hydrogens is 675 g/mol. The number of carboxylic acid groups (broad SMARTS) is 2. The third-order valence-electron chi connectivity index (χ3n) is 6.81. The van der Waals surface area contributed by atoms with E-state index in [2.05, 4.69) is 15.4 Å². The van der Waals surface area contributed by atoms with Crippen LogP contribution in [0.1, 0.15) is 31.2 Å². The number of carbonyl (C=O) groups is 3. The highest BCUT2D eigenvalue weighted by molar-refractivity contribution is 7.90. The number of fused-ring (bicyclic) bond motifs is 1. The van der Waals surface area contributed by atoms with Crippen LogP contribution in [-0.4, -0.2) is 87.7 Å². The highest BCUT2D eigenvalue weighted by Crippen LogP contribution is 2.33. The zero-order valence-corrected chi connectivity index (χ0v) is 27.1. The number of amides is 1. The number of nitrogens with one attached hydrogen (secondary N) is 3. The van der Waals surface area contributed by atoms with Crippen LogP contribution in [0.4, 0.5) is 5.69 Å². The Morgan fingerprint density at radius 1 is 1.07 bits per heavy atom. The number of aliphatic carboxylic acids is 2. The molecule has 1 amide bonds. The van der Waals surface area contributed by atoms with Gasteiger partial charge in [0.05, 0.1) is 23.3 Å². The van der Waals surface area contributed by atoms with Crippen molar-refractivity contribution in [3.63, 3.8) is 0 Å². The lowest BCUT2D eigenvalue weighted by molar-refractivity contribution is -0.146. The maximum atomic E-state index is 13.8. The summed E-state index contributed by atoms with van der Waals surface area (Å²) in [6.07, 6.45) is 0.370. The Morgan fingerprint density at radius 3 is 2.31 bits per heavy atom. The first-order valence-electron chi connectivity index (χ1n) is 13.5. The van der Waals surface area contributed by atoms with Gasteiger partial charge in [0.15, 0.2) is 0 Å². The number of carboxylic acids is 2. The van der Waals surface area contributed by atoms with Gasteiger partial charge in [-0.25, -0.2) is 22.0 Å². The second-order valence-corrected chi connectivity index (χ2v) is 13.8. The Morgan fingerprint density at radius 2 is 1.73 bits per heavy atom. The summed E-state index contributed by atoms with van der Waals surface area (Å²) in [7, 11) is -8.73. The number of primary sulfonamides is 1. The zero-order valence-electron chi connectivity index (χ0n) is 23.9. The van der Waals surface area contributed by atoms with Crippen LogP contribution in [0.3, 0.4) is 0 Å². The summed E-state index contributed by atoms with van der Waals surface area (Å²) in [5, 5.41) is 29.9. The molecule has 1 aliphatic rings. The number of halogens is 2. The minimum atomic E-state index is -4.38. The quantitative estimate of drug-likeness (QED) is 0.118. The maximum Gasteiger partial charge on any atom is 0.323 e. The van der Waals surface area contributed by atoms with Gasteiger partial charge in [-0.2, -0.15) is 4.72 Å². The molecule has 1 aliphatic heterocycles. The van der Waals surface area contributed by atoms with E-state index in [0.717, 1.165) is 22.6 Å². The van der Waals surface area contributed by atoms with Crippen molar-refractivity contribution in [3.8, 4) is 0 Å². The fourth-order valence-electron chi connectivity index (χ4n) is 4.72. The summed E-state index contributed by atoms with van der Waals surface area (Å²) in [6.45, 7) is -0.998. The molecule has 0 bridgehead atoms. The number of carbonyl (C=O) groups excluding carboxylic acids is 1. The summed E-state index contributed by atoms with van der Waals surface area (Å²) in [4.78, 5) is 37.5. The van der Waals surface area contributed by atoms with Crippen LogP contribution < -0.4 is 26.2 Å². The highest BCUT2D eigenvalue weighted by Gasteiger charge is 2.36. The normalized spacial score (nSPS) is 16.7. The number of rotatable bonds is 16. The molecule has 0 aromatic heterocycles. The lowest BCUT2D eigenvalue weighted by atomic mass is 10.0. The Kier molecular flexibility index (Phi) is 14.0. The third-order valence-corrected chi connectivity index (χ3v) is 9.70. The van der Waals surface area contributed by atoms with E-state index in [1.54, 1.807) is 0 Å². The predicted molar refractivity (Wildman–Crippen MR) is 168 cm³/mol. The topological polar surface area (TPSA) is 251 Å². The van der Waals surface area contributed by atoms with Crippen LogP contribution in [0.5, 0.6) is 0 Å². The molecule has 2 aromatic rings. The van der Waals surface area contributed by atoms with Crippen LogP contribution in [0, 0.1) is 0 Å². The molecule has 45 heavy (non-hydrogen) atoms. The fourth-order valence-corrected chi connectivity index (χ4v) is 7.21. The van der Waals surface area contributed by atoms with Gasteiger partial charge in [-0.15, -0.1) is 12.4 Å². The molecule has 250 valence electrons. The molecule has 3 rings (SSSR count). The number of nitrogens with two attached hydrogens (primary N) is 2. The van der Waals surface area contributed by atoms with Gasteiger partial charge in [0.1, 0.15) is 28.5 Å². The number of hydrogen-bond donors (Lipinski definition) is 7. The first kappa shape index (κ1) is 38.2. The van der Waals surface area contributed by atoms with Gasteiger partial charge >= 0.3 is 11.9 Å². The molecule has 3 atom stereocenters. The SMILES string of the molecule is Cl.NCCCC[C@H](N[C@@H](CCc1ccccc1)C(=O)O)C(=O)N(CC(=O)O)CC1Nc2cc(Cl)c(S(N)(=O)=O)cc2S(=O)(=O)N1. The molecule has 19 heteroatoms. The Hall–Kier alpha value is -3.03. The first-order valence-corrected chi connectivity index (χ1v) is 16.9. The lowest BCUT2D eigenvalue weighted by Gasteiger charge is -2.34. The van der Waals surface area contributed by atoms with Gasteiger partial charge < -0.3 is 26.2 Å².